The van der Waals surface area contributed by atoms with Gasteiger partial charge in [-0.2, -0.15) is 0 Å². The predicted molar refractivity (Wildman–Crippen MR) is 75.0 cm³/mol. The monoisotopic (exact) mass is 251 g/mol. The fourth-order valence-electron chi connectivity index (χ4n) is 2.09. The molecule has 0 aliphatic rings. The second kappa shape index (κ2) is 8.11. The first-order valence-electron chi connectivity index (χ1n) is 6.64. The van der Waals surface area contributed by atoms with Gasteiger partial charge in [0.1, 0.15) is 5.75 Å². The lowest BCUT2D eigenvalue weighted by molar-refractivity contribution is 0.240. The Labute approximate surface area is 110 Å². The topological polar surface area (TPSA) is 32.7 Å². The molecule has 0 aliphatic carbocycles. The smallest absolute Gasteiger partial charge is 0.123 e. The van der Waals surface area contributed by atoms with Crippen LogP contribution in [-0.4, -0.2) is 37.3 Å². The van der Waals surface area contributed by atoms with Crippen molar-refractivity contribution in [1.29, 1.82) is 0 Å². The van der Waals surface area contributed by atoms with E-state index < -0.39 is 0 Å². The van der Waals surface area contributed by atoms with Crippen molar-refractivity contribution in [3.63, 3.8) is 0 Å². The lowest BCUT2D eigenvalue weighted by atomic mass is 10.1. The van der Waals surface area contributed by atoms with Crippen LogP contribution >= 0.6 is 0 Å². The van der Waals surface area contributed by atoms with E-state index >= 15 is 0 Å². The summed E-state index contributed by atoms with van der Waals surface area (Å²) in [6.45, 7) is 3.54. The zero-order valence-electron chi connectivity index (χ0n) is 11.7. The number of benzene rings is 1. The van der Waals surface area contributed by atoms with Crippen LogP contribution in [0.2, 0.25) is 0 Å². The van der Waals surface area contributed by atoms with E-state index in [9.17, 15) is 0 Å². The average Bonchev–Trinajstić information content (AvgIpc) is 2.42. The molecule has 0 aromatic heterocycles. The van der Waals surface area contributed by atoms with Gasteiger partial charge >= 0.3 is 0 Å². The number of ether oxygens (including phenoxy) is 1. The van der Waals surface area contributed by atoms with Crippen molar-refractivity contribution in [2.24, 2.45) is 0 Å². The number of hydrogen-bond acceptors (Lipinski definition) is 3. The summed E-state index contributed by atoms with van der Waals surface area (Å²) in [6.07, 6.45) is 3.10. The van der Waals surface area contributed by atoms with E-state index in [-0.39, 0.29) is 0 Å². The van der Waals surface area contributed by atoms with Crippen LogP contribution in [0.25, 0.3) is 0 Å². The second-order valence-corrected chi connectivity index (χ2v) is 4.68. The Hall–Kier alpha value is -1.06. The number of aliphatic hydroxyl groups excluding tert-OH is 1. The van der Waals surface area contributed by atoms with E-state index in [1.54, 1.807) is 7.11 Å². The Balaban J connectivity index is 2.54. The summed E-state index contributed by atoms with van der Waals surface area (Å²) >= 11 is 0. The third kappa shape index (κ3) is 4.31. The molecule has 3 nitrogen and oxygen atoms in total. The molecule has 1 aromatic carbocycles. The normalized spacial score (nSPS) is 12.7. The first-order chi connectivity index (χ1) is 8.70. The molecule has 0 saturated carbocycles. The molecule has 1 N–H and O–H groups in total. The van der Waals surface area contributed by atoms with Gasteiger partial charge in [0, 0.05) is 18.2 Å². The molecule has 1 unspecified atom stereocenters. The van der Waals surface area contributed by atoms with Gasteiger partial charge in [0.2, 0.25) is 0 Å². The molecule has 0 aliphatic heterocycles. The third-order valence-corrected chi connectivity index (χ3v) is 3.42. The minimum absolute atomic E-state index is 0.297. The summed E-state index contributed by atoms with van der Waals surface area (Å²) in [5, 5.41) is 8.76. The highest BCUT2D eigenvalue weighted by Gasteiger charge is 2.14. The van der Waals surface area contributed by atoms with Crippen LogP contribution in [0.3, 0.4) is 0 Å². The molecule has 0 radical (unpaired) electrons. The van der Waals surface area contributed by atoms with Gasteiger partial charge in [-0.3, -0.25) is 4.90 Å². The highest BCUT2D eigenvalue weighted by molar-refractivity contribution is 5.35. The molecule has 0 spiro atoms. The van der Waals surface area contributed by atoms with Crippen LogP contribution in [0.4, 0.5) is 0 Å². The Morgan fingerprint density at radius 2 is 1.94 bits per heavy atom. The molecule has 0 bridgehead atoms. The van der Waals surface area contributed by atoms with Crippen molar-refractivity contribution >= 4 is 0 Å². The molecule has 1 aromatic rings. The van der Waals surface area contributed by atoms with Crippen LogP contribution < -0.4 is 4.74 Å². The first kappa shape index (κ1) is 15.0. The van der Waals surface area contributed by atoms with Crippen molar-refractivity contribution < 1.29 is 9.84 Å². The van der Waals surface area contributed by atoms with Gasteiger partial charge in [-0.15, -0.1) is 0 Å². The van der Waals surface area contributed by atoms with Gasteiger partial charge in [-0.25, -0.2) is 0 Å². The van der Waals surface area contributed by atoms with E-state index in [0.717, 1.165) is 31.6 Å². The molecule has 102 valence electrons. The van der Waals surface area contributed by atoms with Crippen molar-refractivity contribution in [2.45, 2.75) is 32.2 Å². The van der Waals surface area contributed by atoms with E-state index in [0.29, 0.717) is 12.6 Å². The van der Waals surface area contributed by atoms with Crippen molar-refractivity contribution in [3.05, 3.63) is 29.8 Å². The fourth-order valence-corrected chi connectivity index (χ4v) is 2.09. The van der Waals surface area contributed by atoms with Crippen LogP contribution in [0.15, 0.2) is 24.3 Å². The molecule has 0 fully saturated rings. The fraction of sp³-hybridized carbons (Fsp3) is 0.600. The number of para-hydroxylation sites is 1. The lowest BCUT2D eigenvalue weighted by Gasteiger charge is -2.26. The molecular formula is C15H25NO2. The van der Waals surface area contributed by atoms with Crippen molar-refractivity contribution in [1.82, 2.24) is 4.90 Å². The van der Waals surface area contributed by atoms with Gasteiger partial charge in [0.25, 0.3) is 0 Å². The maximum atomic E-state index is 8.76. The Bertz CT molecular complexity index is 341. The summed E-state index contributed by atoms with van der Waals surface area (Å²) in [5.74, 6) is 0.951. The zero-order chi connectivity index (χ0) is 13.4. The summed E-state index contributed by atoms with van der Waals surface area (Å²) in [5.41, 5.74) is 1.23. The third-order valence-electron chi connectivity index (χ3n) is 3.42. The molecule has 3 heteroatoms. The van der Waals surface area contributed by atoms with Gasteiger partial charge in [-0.05, 0) is 45.8 Å². The highest BCUT2D eigenvalue weighted by atomic mass is 16.5. The number of hydrogen-bond donors (Lipinski definition) is 1. The van der Waals surface area contributed by atoms with Crippen molar-refractivity contribution in [3.8, 4) is 5.75 Å². The number of nitrogens with zero attached hydrogens (tertiary/aromatic N) is 1. The maximum absolute atomic E-state index is 8.76. The van der Waals surface area contributed by atoms with Crippen molar-refractivity contribution in [2.75, 3.05) is 27.3 Å². The zero-order valence-corrected chi connectivity index (χ0v) is 11.7. The molecule has 18 heavy (non-hydrogen) atoms. The van der Waals surface area contributed by atoms with Crippen LogP contribution in [0.5, 0.6) is 5.75 Å². The quantitative estimate of drug-likeness (QED) is 0.721. The molecule has 0 amide bonds. The minimum Gasteiger partial charge on any atom is -0.496 e. The maximum Gasteiger partial charge on any atom is 0.123 e. The number of aliphatic hydroxyl groups is 1. The average molecular weight is 251 g/mol. The van der Waals surface area contributed by atoms with E-state index in [4.69, 9.17) is 9.84 Å². The van der Waals surface area contributed by atoms with E-state index in [1.807, 2.05) is 18.2 Å². The summed E-state index contributed by atoms with van der Waals surface area (Å²) in [7, 11) is 3.85. The summed E-state index contributed by atoms with van der Waals surface area (Å²) in [4.78, 5) is 2.33. The van der Waals surface area contributed by atoms with Gasteiger partial charge in [0.05, 0.1) is 7.11 Å². The molecule has 1 rings (SSSR count). The Morgan fingerprint density at radius 1 is 1.22 bits per heavy atom. The molecular weight excluding hydrogens is 226 g/mol. The summed E-state index contributed by atoms with van der Waals surface area (Å²) < 4.78 is 5.40. The summed E-state index contributed by atoms with van der Waals surface area (Å²) in [6, 6.07) is 8.51. The SMILES string of the molecule is COc1ccccc1C(C)N(C)CCCCCO. The van der Waals surface area contributed by atoms with Crippen LogP contribution in [-0.2, 0) is 0 Å². The highest BCUT2D eigenvalue weighted by Crippen LogP contribution is 2.28. The number of methoxy groups -OCH3 is 1. The molecule has 0 heterocycles. The van der Waals surface area contributed by atoms with E-state index in [2.05, 4.69) is 24.9 Å². The van der Waals surface area contributed by atoms with E-state index in [1.165, 1.54) is 5.56 Å². The standard InChI is InChI=1S/C15H25NO2/c1-13(16(2)11-7-4-8-12-17)14-9-5-6-10-15(14)18-3/h5-6,9-10,13,17H,4,7-8,11-12H2,1-3H3. The Kier molecular flexibility index (Phi) is 6.76. The first-order valence-corrected chi connectivity index (χ1v) is 6.64. The predicted octanol–water partition coefficient (Wildman–Crippen LogP) is 2.85. The number of rotatable bonds is 8. The Morgan fingerprint density at radius 3 is 2.61 bits per heavy atom. The van der Waals surface area contributed by atoms with Crippen LogP contribution in [0.1, 0.15) is 37.8 Å². The number of unbranched alkanes of at least 4 members (excludes halogenated alkanes) is 2. The largest absolute Gasteiger partial charge is 0.496 e. The van der Waals surface area contributed by atoms with Gasteiger partial charge in [0.15, 0.2) is 0 Å². The lowest BCUT2D eigenvalue weighted by Crippen LogP contribution is -2.24. The molecule has 1 atom stereocenters. The second-order valence-electron chi connectivity index (χ2n) is 4.68. The van der Waals surface area contributed by atoms with Gasteiger partial charge in [-0.1, -0.05) is 18.2 Å². The van der Waals surface area contributed by atoms with Gasteiger partial charge < -0.3 is 9.84 Å². The minimum atomic E-state index is 0.297. The van der Waals surface area contributed by atoms with Crippen LogP contribution in [0, 0.1) is 0 Å². The molecule has 0 saturated heterocycles.